The van der Waals surface area contributed by atoms with Gasteiger partial charge >= 0.3 is 0 Å². The Hall–Kier alpha value is -1.82. The summed E-state index contributed by atoms with van der Waals surface area (Å²) in [6.45, 7) is 4.52. The van der Waals surface area contributed by atoms with Crippen LogP contribution < -0.4 is 10.6 Å². The maximum absolute atomic E-state index is 11.1. The Labute approximate surface area is 151 Å². The summed E-state index contributed by atoms with van der Waals surface area (Å²) in [5.41, 5.74) is 1.99. The lowest BCUT2D eigenvalue weighted by atomic mass is 9.94. The first-order valence-electron chi connectivity index (χ1n) is 7.40. The van der Waals surface area contributed by atoms with E-state index in [-0.39, 0.29) is 16.1 Å². The molecule has 0 aliphatic heterocycles. The van der Waals surface area contributed by atoms with Crippen LogP contribution in [0, 0.1) is 10.1 Å². The minimum Gasteiger partial charge on any atom is -0.383 e. The predicted molar refractivity (Wildman–Crippen MR) is 99.0 cm³/mol. The highest BCUT2D eigenvalue weighted by Crippen LogP contribution is 2.29. The van der Waals surface area contributed by atoms with Gasteiger partial charge in [0.2, 0.25) is 0 Å². The molecule has 0 bridgehead atoms. The second-order valence-corrected chi connectivity index (χ2v) is 6.78. The van der Waals surface area contributed by atoms with Crippen molar-refractivity contribution in [2.24, 2.45) is 0 Å². The standard InChI is InChI=1S/C17H19Cl2N3O2/c1-17(2,12-5-6-13(18)14(19)9-12)21-10-11-4-7-15(20-3)16(8-11)22(23)24/h4-9,20-21H,10H2,1-3H3. The molecule has 128 valence electrons. The Morgan fingerprint density at radius 2 is 1.83 bits per heavy atom. The largest absolute Gasteiger partial charge is 0.383 e. The fourth-order valence-electron chi connectivity index (χ4n) is 2.36. The zero-order chi connectivity index (χ0) is 17.9. The zero-order valence-electron chi connectivity index (χ0n) is 13.7. The van der Waals surface area contributed by atoms with Crippen LogP contribution >= 0.6 is 23.2 Å². The monoisotopic (exact) mass is 367 g/mol. The average molecular weight is 368 g/mol. The molecule has 0 aromatic heterocycles. The molecule has 2 aromatic rings. The fourth-order valence-corrected chi connectivity index (χ4v) is 2.66. The molecule has 0 spiro atoms. The van der Waals surface area contributed by atoms with Crippen LogP contribution in [0.1, 0.15) is 25.0 Å². The number of nitro benzene ring substituents is 1. The summed E-state index contributed by atoms with van der Waals surface area (Å²) in [4.78, 5) is 10.8. The first kappa shape index (κ1) is 18.5. The molecule has 7 heteroatoms. The average Bonchev–Trinajstić information content (AvgIpc) is 2.55. The Morgan fingerprint density at radius 1 is 1.12 bits per heavy atom. The third-order valence-corrected chi connectivity index (χ3v) is 4.64. The molecule has 0 radical (unpaired) electrons. The molecule has 0 aliphatic carbocycles. The summed E-state index contributed by atoms with van der Waals surface area (Å²) in [7, 11) is 1.66. The summed E-state index contributed by atoms with van der Waals surface area (Å²) >= 11 is 12.0. The fraction of sp³-hybridized carbons (Fsp3) is 0.294. The maximum atomic E-state index is 11.1. The molecule has 0 fully saturated rings. The lowest BCUT2D eigenvalue weighted by molar-refractivity contribution is -0.384. The summed E-state index contributed by atoms with van der Waals surface area (Å²) in [6, 6.07) is 10.6. The van der Waals surface area contributed by atoms with Gasteiger partial charge in [-0.15, -0.1) is 0 Å². The molecule has 0 heterocycles. The number of rotatable bonds is 6. The van der Waals surface area contributed by atoms with Crippen LogP contribution in [0.4, 0.5) is 11.4 Å². The lowest BCUT2D eigenvalue weighted by Gasteiger charge is -2.27. The molecule has 2 rings (SSSR count). The van der Waals surface area contributed by atoms with Gasteiger partial charge in [-0.05, 0) is 43.2 Å². The first-order chi connectivity index (χ1) is 11.2. The Kier molecular flexibility index (Phi) is 5.70. The molecular formula is C17H19Cl2N3O2. The van der Waals surface area contributed by atoms with Crippen molar-refractivity contribution in [3.63, 3.8) is 0 Å². The van der Waals surface area contributed by atoms with Crippen molar-refractivity contribution in [2.75, 3.05) is 12.4 Å². The summed E-state index contributed by atoms with van der Waals surface area (Å²) in [5.74, 6) is 0. The number of nitrogens with one attached hydrogen (secondary N) is 2. The van der Waals surface area contributed by atoms with Crippen LogP contribution in [-0.4, -0.2) is 12.0 Å². The predicted octanol–water partition coefficient (Wildman–Crippen LogP) is 4.97. The Morgan fingerprint density at radius 3 is 2.42 bits per heavy atom. The molecule has 2 N–H and O–H groups in total. The number of halogens is 2. The first-order valence-corrected chi connectivity index (χ1v) is 8.16. The van der Waals surface area contributed by atoms with Crippen LogP contribution in [0.5, 0.6) is 0 Å². The Bertz CT molecular complexity index is 763. The topological polar surface area (TPSA) is 67.2 Å². The van der Waals surface area contributed by atoms with E-state index in [4.69, 9.17) is 23.2 Å². The van der Waals surface area contributed by atoms with Crippen molar-refractivity contribution >= 4 is 34.6 Å². The molecule has 0 amide bonds. The second-order valence-electron chi connectivity index (χ2n) is 5.97. The summed E-state index contributed by atoms with van der Waals surface area (Å²) in [5, 5.41) is 18.4. The van der Waals surface area contributed by atoms with E-state index in [1.54, 1.807) is 25.2 Å². The van der Waals surface area contributed by atoms with Crippen LogP contribution in [0.2, 0.25) is 10.0 Å². The SMILES string of the molecule is CNc1ccc(CNC(C)(C)c2ccc(Cl)c(Cl)c2)cc1[N+](=O)[O-]. The molecule has 2 aromatic carbocycles. The molecule has 5 nitrogen and oxygen atoms in total. The molecule has 0 unspecified atom stereocenters. The highest BCUT2D eigenvalue weighted by atomic mass is 35.5. The number of hydrogen-bond donors (Lipinski definition) is 2. The van der Waals surface area contributed by atoms with E-state index < -0.39 is 0 Å². The van der Waals surface area contributed by atoms with Crippen molar-refractivity contribution in [1.29, 1.82) is 0 Å². The van der Waals surface area contributed by atoms with Crippen molar-refractivity contribution in [1.82, 2.24) is 5.32 Å². The van der Waals surface area contributed by atoms with Crippen molar-refractivity contribution < 1.29 is 4.92 Å². The van der Waals surface area contributed by atoms with Crippen LogP contribution in [0.3, 0.4) is 0 Å². The van der Waals surface area contributed by atoms with E-state index in [1.807, 2.05) is 32.0 Å². The van der Waals surface area contributed by atoms with E-state index >= 15 is 0 Å². The van der Waals surface area contributed by atoms with Gasteiger partial charge in [-0.3, -0.25) is 10.1 Å². The quantitative estimate of drug-likeness (QED) is 0.558. The number of benzene rings is 2. The molecule has 0 saturated heterocycles. The van der Waals surface area contributed by atoms with Gasteiger partial charge in [0, 0.05) is 25.2 Å². The number of nitrogens with zero attached hydrogens (tertiary/aromatic N) is 1. The zero-order valence-corrected chi connectivity index (χ0v) is 15.2. The smallest absolute Gasteiger partial charge is 0.292 e. The molecule has 24 heavy (non-hydrogen) atoms. The van der Waals surface area contributed by atoms with Crippen molar-refractivity contribution in [3.05, 3.63) is 67.7 Å². The van der Waals surface area contributed by atoms with Gasteiger partial charge in [0.15, 0.2) is 0 Å². The molecule has 0 saturated carbocycles. The highest BCUT2D eigenvalue weighted by molar-refractivity contribution is 6.42. The van der Waals surface area contributed by atoms with Crippen molar-refractivity contribution in [3.8, 4) is 0 Å². The van der Waals surface area contributed by atoms with E-state index in [0.29, 0.717) is 22.3 Å². The van der Waals surface area contributed by atoms with Gasteiger partial charge in [0.1, 0.15) is 5.69 Å². The van der Waals surface area contributed by atoms with Gasteiger partial charge in [0.25, 0.3) is 5.69 Å². The van der Waals surface area contributed by atoms with Gasteiger partial charge in [-0.1, -0.05) is 35.3 Å². The Balaban J connectivity index is 2.18. The van der Waals surface area contributed by atoms with Crippen molar-refractivity contribution in [2.45, 2.75) is 25.9 Å². The minimum atomic E-state index is -0.389. The minimum absolute atomic E-state index is 0.0594. The van der Waals surface area contributed by atoms with Gasteiger partial charge in [-0.25, -0.2) is 0 Å². The number of nitro groups is 1. The van der Waals surface area contributed by atoms with Crippen LogP contribution in [-0.2, 0) is 12.1 Å². The third kappa shape index (κ3) is 4.17. The summed E-state index contributed by atoms with van der Waals surface area (Å²) in [6.07, 6.45) is 0. The molecule has 0 atom stereocenters. The van der Waals surface area contributed by atoms with E-state index in [9.17, 15) is 10.1 Å². The third-order valence-electron chi connectivity index (χ3n) is 3.90. The van der Waals surface area contributed by atoms with Crippen LogP contribution in [0.15, 0.2) is 36.4 Å². The number of anilines is 1. The maximum Gasteiger partial charge on any atom is 0.292 e. The van der Waals surface area contributed by atoms with E-state index in [1.165, 1.54) is 0 Å². The van der Waals surface area contributed by atoms with Crippen LogP contribution in [0.25, 0.3) is 0 Å². The molecular weight excluding hydrogens is 349 g/mol. The lowest BCUT2D eigenvalue weighted by Crippen LogP contribution is -2.36. The second kappa shape index (κ2) is 7.38. The van der Waals surface area contributed by atoms with Gasteiger partial charge in [-0.2, -0.15) is 0 Å². The number of hydrogen-bond acceptors (Lipinski definition) is 4. The van der Waals surface area contributed by atoms with E-state index in [0.717, 1.165) is 11.1 Å². The van der Waals surface area contributed by atoms with Gasteiger partial charge < -0.3 is 10.6 Å². The van der Waals surface area contributed by atoms with Gasteiger partial charge in [0.05, 0.1) is 15.0 Å². The highest BCUT2D eigenvalue weighted by Gasteiger charge is 2.21. The van der Waals surface area contributed by atoms with E-state index in [2.05, 4.69) is 10.6 Å². The summed E-state index contributed by atoms with van der Waals surface area (Å²) < 4.78 is 0. The normalized spacial score (nSPS) is 11.4. The molecule has 0 aliphatic rings.